The zero-order chi connectivity index (χ0) is 21.3. The second-order valence-corrected chi connectivity index (χ2v) is 8.48. The molecular formula is C21H27N3O5. The Morgan fingerprint density at radius 1 is 1.24 bits per heavy atom. The van der Waals surface area contributed by atoms with Gasteiger partial charge in [0.05, 0.1) is 0 Å². The minimum absolute atomic E-state index is 0.163. The molecule has 1 aromatic carbocycles. The Kier molecular flexibility index (Phi) is 5.64. The molecule has 0 aliphatic carbocycles. The number of amides is 3. The molecule has 0 saturated heterocycles. The van der Waals surface area contributed by atoms with Crippen LogP contribution in [-0.2, 0) is 33.8 Å². The summed E-state index contributed by atoms with van der Waals surface area (Å²) in [4.78, 5) is 51.2. The van der Waals surface area contributed by atoms with Crippen LogP contribution in [0.5, 0.6) is 0 Å². The molecule has 2 N–H and O–H groups in total. The average molecular weight is 401 g/mol. The maximum absolute atomic E-state index is 13.1. The van der Waals surface area contributed by atoms with Crippen molar-refractivity contribution < 1.29 is 23.9 Å². The smallest absolute Gasteiger partial charge is 0.410 e. The molecule has 3 amide bonds. The Morgan fingerprint density at radius 2 is 1.93 bits per heavy atom. The van der Waals surface area contributed by atoms with Gasteiger partial charge in [-0.3, -0.25) is 9.59 Å². The van der Waals surface area contributed by atoms with Crippen LogP contribution in [-0.4, -0.2) is 52.2 Å². The van der Waals surface area contributed by atoms with Crippen LogP contribution in [0.25, 0.3) is 0 Å². The molecule has 0 bridgehead atoms. The van der Waals surface area contributed by atoms with E-state index in [9.17, 15) is 19.2 Å². The molecule has 3 rings (SSSR count). The average Bonchev–Trinajstić information content (AvgIpc) is 2.97. The first kappa shape index (κ1) is 20.8. The highest BCUT2D eigenvalue weighted by Gasteiger charge is 2.38. The predicted octanol–water partition coefficient (Wildman–Crippen LogP) is 1.77. The fraction of sp³-hybridized carbons (Fsp3) is 0.524. The molecule has 2 aliphatic rings. The Morgan fingerprint density at radius 3 is 2.55 bits per heavy atom. The van der Waals surface area contributed by atoms with Gasteiger partial charge in [-0.15, -0.1) is 0 Å². The van der Waals surface area contributed by atoms with Crippen LogP contribution in [0.15, 0.2) is 12.1 Å². The Labute approximate surface area is 170 Å². The van der Waals surface area contributed by atoms with Gasteiger partial charge in [-0.05, 0) is 50.3 Å². The number of carbonyl (C=O) groups excluding carboxylic acids is 4. The molecule has 0 fully saturated rings. The minimum Gasteiger partial charge on any atom is -0.444 e. The van der Waals surface area contributed by atoms with Gasteiger partial charge in [0.25, 0.3) is 5.91 Å². The molecule has 0 aromatic heterocycles. The van der Waals surface area contributed by atoms with E-state index in [0.29, 0.717) is 31.6 Å². The monoisotopic (exact) mass is 401 g/mol. The van der Waals surface area contributed by atoms with E-state index >= 15 is 0 Å². The van der Waals surface area contributed by atoms with E-state index in [1.807, 2.05) is 32.9 Å². The first-order valence-corrected chi connectivity index (χ1v) is 9.78. The summed E-state index contributed by atoms with van der Waals surface area (Å²) in [5, 5.41) is 0. The quantitative estimate of drug-likeness (QED) is 0.756. The van der Waals surface area contributed by atoms with Gasteiger partial charge in [0.2, 0.25) is 5.91 Å². The summed E-state index contributed by atoms with van der Waals surface area (Å²) >= 11 is 0. The number of carbonyl (C=O) groups is 4. The van der Waals surface area contributed by atoms with Gasteiger partial charge >= 0.3 is 6.09 Å². The van der Waals surface area contributed by atoms with E-state index in [-0.39, 0.29) is 24.8 Å². The highest BCUT2D eigenvalue weighted by molar-refractivity contribution is 6.02. The van der Waals surface area contributed by atoms with Crippen molar-refractivity contribution in [2.45, 2.75) is 64.8 Å². The summed E-state index contributed by atoms with van der Waals surface area (Å²) in [6.45, 7) is 6.59. The van der Waals surface area contributed by atoms with Crippen LogP contribution in [0, 0.1) is 0 Å². The van der Waals surface area contributed by atoms with E-state index in [4.69, 9.17) is 10.5 Å². The zero-order valence-electron chi connectivity index (χ0n) is 17.1. The second kappa shape index (κ2) is 7.85. The normalized spacial score (nSPS) is 16.9. The molecule has 29 heavy (non-hydrogen) atoms. The van der Waals surface area contributed by atoms with Crippen molar-refractivity contribution >= 4 is 24.2 Å². The number of primary amides is 1. The van der Waals surface area contributed by atoms with Crippen LogP contribution in [0.4, 0.5) is 4.79 Å². The number of hydrogen-bond acceptors (Lipinski definition) is 5. The molecule has 8 nitrogen and oxygen atoms in total. The van der Waals surface area contributed by atoms with Gasteiger partial charge < -0.3 is 25.1 Å². The van der Waals surface area contributed by atoms with E-state index in [1.54, 1.807) is 4.90 Å². The summed E-state index contributed by atoms with van der Waals surface area (Å²) in [7, 11) is 0. The van der Waals surface area contributed by atoms with Gasteiger partial charge in [0.1, 0.15) is 17.9 Å². The molecule has 0 saturated carbocycles. The number of hydrogen-bond donors (Lipinski definition) is 1. The number of benzene rings is 1. The lowest BCUT2D eigenvalue weighted by atomic mass is 9.92. The third kappa shape index (κ3) is 4.26. The highest BCUT2D eigenvalue weighted by Crippen LogP contribution is 2.33. The lowest BCUT2D eigenvalue weighted by Crippen LogP contribution is -2.45. The number of aldehydes is 1. The van der Waals surface area contributed by atoms with Crippen molar-refractivity contribution in [3.05, 3.63) is 34.4 Å². The second-order valence-electron chi connectivity index (χ2n) is 8.48. The topological polar surface area (TPSA) is 110 Å². The third-order valence-electron chi connectivity index (χ3n) is 5.22. The van der Waals surface area contributed by atoms with Crippen molar-refractivity contribution in [3.8, 4) is 0 Å². The van der Waals surface area contributed by atoms with Crippen LogP contribution in [0.3, 0.4) is 0 Å². The Hall–Kier alpha value is -2.90. The highest BCUT2D eigenvalue weighted by atomic mass is 16.6. The number of nitrogens with two attached hydrogens (primary N) is 1. The molecular weight excluding hydrogens is 374 g/mol. The van der Waals surface area contributed by atoms with Crippen LogP contribution in [0.1, 0.15) is 60.7 Å². The zero-order valence-corrected chi connectivity index (χ0v) is 17.1. The molecule has 156 valence electrons. The summed E-state index contributed by atoms with van der Waals surface area (Å²) in [5.41, 5.74) is 8.17. The molecule has 2 aliphatic heterocycles. The van der Waals surface area contributed by atoms with Crippen molar-refractivity contribution in [1.29, 1.82) is 0 Å². The molecule has 0 spiro atoms. The van der Waals surface area contributed by atoms with E-state index in [0.717, 1.165) is 23.0 Å². The van der Waals surface area contributed by atoms with E-state index in [2.05, 4.69) is 0 Å². The third-order valence-corrected chi connectivity index (χ3v) is 5.22. The SMILES string of the molecule is CC(C)(C)OC(=O)N1CCc2c(ccc3c2C(=O)N(C(CCC=O)C(N)=O)C3)C1. The Balaban J connectivity index is 1.83. The summed E-state index contributed by atoms with van der Waals surface area (Å²) in [5.74, 6) is -0.852. The van der Waals surface area contributed by atoms with Crippen LogP contribution in [0.2, 0.25) is 0 Å². The Bertz CT molecular complexity index is 859. The number of rotatable bonds is 5. The molecule has 1 aromatic rings. The fourth-order valence-electron chi connectivity index (χ4n) is 3.91. The van der Waals surface area contributed by atoms with Crippen LogP contribution < -0.4 is 5.73 Å². The predicted molar refractivity (Wildman–Crippen MR) is 105 cm³/mol. The van der Waals surface area contributed by atoms with Crippen molar-refractivity contribution in [3.63, 3.8) is 0 Å². The first-order chi connectivity index (χ1) is 13.6. The summed E-state index contributed by atoms with van der Waals surface area (Å²) in [6, 6.07) is 2.98. The van der Waals surface area contributed by atoms with Crippen molar-refractivity contribution in [2.24, 2.45) is 5.73 Å². The molecule has 1 unspecified atom stereocenters. The number of ether oxygens (including phenoxy) is 1. The maximum atomic E-state index is 13.1. The van der Waals surface area contributed by atoms with E-state index < -0.39 is 17.6 Å². The van der Waals surface area contributed by atoms with Crippen LogP contribution >= 0.6 is 0 Å². The summed E-state index contributed by atoms with van der Waals surface area (Å²) in [6.07, 6.45) is 1.26. The first-order valence-electron chi connectivity index (χ1n) is 9.78. The van der Waals surface area contributed by atoms with Gasteiger partial charge in [-0.25, -0.2) is 4.79 Å². The lowest BCUT2D eigenvalue weighted by molar-refractivity contribution is -0.122. The van der Waals surface area contributed by atoms with Gasteiger partial charge in [-0.2, -0.15) is 0 Å². The number of fused-ring (bicyclic) bond motifs is 3. The molecule has 2 heterocycles. The van der Waals surface area contributed by atoms with E-state index in [1.165, 1.54) is 4.90 Å². The minimum atomic E-state index is -0.808. The van der Waals surface area contributed by atoms with Gasteiger partial charge in [0, 0.05) is 31.6 Å². The largest absolute Gasteiger partial charge is 0.444 e. The summed E-state index contributed by atoms with van der Waals surface area (Å²) < 4.78 is 5.45. The lowest BCUT2D eigenvalue weighted by Gasteiger charge is -2.32. The molecule has 0 radical (unpaired) electrons. The maximum Gasteiger partial charge on any atom is 0.410 e. The van der Waals surface area contributed by atoms with Gasteiger partial charge in [-0.1, -0.05) is 12.1 Å². The number of nitrogens with zero attached hydrogens (tertiary/aromatic N) is 2. The molecule has 8 heteroatoms. The van der Waals surface area contributed by atoms with Gasteiger partial charge in [0.15, 0.2) is 0 Å². The molecule has 1 atom stereocenters. The van der Waals surface area contributed by atoms with Crippen molar-refractivity contribution in [2.75, 3.05) is 6.54 Å². The standard InChI is InChI=1S/C21H27N3O5/c1-21(2,3)29-20(28)23-9-8-15-13(11-23)6-7-14-12-24(19(27)17(14)15)16(18(22)26)5-4-10-25/h6-7,10,16H,4-5,8-9,11-12H2,1-3H3,(H2,22,26). The fourth-order valence-corrected chi connectivity index (χ4v) is 3.91. The van der Waals surface area contributed by atoms with Crippen molar-refractivity contribution in [1.82, 2.24) is 9.80 Å².